The molecular weight excluding hydrogens is 260 g/mol. The van der Waals surface area contributed by atoms with Crippen LogP contribution in [0.25, 0.3) is 0 Å². The first-order valence-corrected chi connectivity index (χ1v) is 8.10. The lowest BCUT2D eigenvalue weighted by Gasteiger charge is -2.03. The fourth-order valence-electron chi connectivity index (χ4n) is 1.51. The molecule has 0 heterocycles. The third kappa shape index (κ3) is 3.72. The third-order valence-electron chi connectivity index (χ3n) is 2.64. The SMILES string of the molecule is Cc1ccc(SC[S@](=O)c2ccc(C)cc2)cc1. The monoisotopic (exact) mass is 276 g/mol. The van der Waals surface area contributed by atoms with E-state index in [1.54, 1.807) is 11.8 Å². The van der Waals surface area contributed by atoms with E-state index in [0.717, 1.165) is 4.90 Å². The van der Waals surface area contributed by atoms with Gasteiger partial charge in [0, 0.05) is 9.79 Å². The molecule has 1 nitrogen and oxygen atoms in total. The molecule has 0 aromatic heterocycles. The van der Waals surface area contributed by atoms with Crippen molar-refractivity contribution >= 4 is 22.6 Å². The van der Waals surface area contributed by atoms with Crippen LogP contribution in [0.2, 0.25) is 0 Å². The molecule has 0 aliphatic carbocycles. The van der Waals surface area contributed by atoms with Crippen LogP contribution in [0.15, 0.2) is 58.3 Å². The summed E-state index contributed by atoms with van der Waals surface area (Å²) in [5, 5.41) is 0.603. The van der Waals surface area contributed by atoms with Gasteiger partial charge in [-0.25, -0.2) is 0 Å². The zero-order valence-electron chi connectivity index (χ0n) is 10.6. The minimum atomic E-state index is -0.935. The fraction of sp³-hybridized carbons (Fsp3) is 0.200. The van der Waals surface area contributed by atoms with Crippen molar-refractivity contribution in [3.8, 4) is 0 Å². The lowest BCUT2D eigenvalue weighted by molar-refractivity contribution is 0.686. The second kappa shape index (κ2) is 6.21. The molecule has 0 radical (unpaired) electrons. The second-order valence-corrected chi connectivity index (χ2v) is 7.10. The number of thioether (sulfide) groups is 1. The Kier molecular flexibility index (Phi) is 4.61. The van der Waals surface area contributed by atoms with Gasteiger partial charge in [-0.1, -0.05) is 35.4 Å². The van der Waals surface area contributed by atoms with E-state index >= 15 is 0 Å². The van der Waals surface area contributed by atoms with Crippen molar-refractivity contribution in [1.82, 2.24) is 0 Å². The van der Waals surface area contributed by atoms with Gasteiger partial charge >= 0.3 is 0 Å². The molecule has 0 saturated carbocycles. The normalized spacial score (nSPS) is 12.3. The maximum absolute atomic E-state index is 12.1. The largest absolute Gasteiger partial charge is 0.253 e. The Hall–Kier alpha value is -1.06. The number of hydrogen-bond donors (Lipinski definition) is 0. The summed E-state index contributed by atoms with van der Waals surface area (Å²) in [6.07, 6.45) is 0. The van der Waals surface area contributed by atoms with Crippen LogP contribution in [-0.4, -0.2) is 9.29 Å². The molecule has 0 unspecified atom stereocenters. The lowest BCUT2D eigenvalue weighted by Crippen LogP contribution is -1.94. The number of aryl methyl sites for hydroxylation is 2. The summed E-state index contributed by atoms with van der Waals surface area (Å²) in [6.45, 7) is 4.10. The Morgan fingerprint density at radius 3 is 1.94 bits per heavy atom. The molecule has 0 saturated heterocycles. The number of rotatable bonds is 4. The summed E-state index contributed by atoms with van der Waals surface area (Å²) in [5.74, 6) is 0. The van der Waals surface area contributed by atoms with Crippen molar-refractivity contribution in [2.45, 2.75) is 23.6 Å². The van der Waals surface area contributed by atoms with E-state index in [4.69, 9.17) is 0 Å². The molecule has 0 N–H and O–H groups in total. The van der Waals surface area contributed by atoms with Gasteiger partial charge in [0.05, 0.1) is 15.9 Å². The van der Waals surface area contributed by atoms with Gasteiger partial charge in [0.2, 0.25) is 0 Å². The topological polar surface area (TPSA) is 17.1 Å². The van der Waals surface area contributed by atoms with Gasteiger partial charge in [0.1, 0.15) is 0 Å². The van der Waals surface area contributed by atoms with E-state index in [2.05, 4.69) is 31.2 Å². The van der Waals surface area contributed by atoms with Gasteiger partial charge in [0.15, 0.2) is 0 Å². The van der Waals surface area contributed by atoms with Crippen LogP contribution in [0.1, 0.15) is 11.1 Å². The standard InChI is InChI=1S/C15H16OS2/c1-12-3-7-14(8-4-12)17-11-18(16)15-9-5-13(2)6-10-15/h3-10H,11H2,1-2H3/t18-/m0/s1. The Morgan fingerprint density at radius 2 is 1.39 bits per heavy atom. The molecule has 2 aromatic rings. The highest BCUT2D eigenvalue weighted by Crippen LogP contribution is 2.21. The zero-order valence-corrected chi connectivity index (χ0v) is 12.2. The molecule has 0 spiro atoms. The first-order valence-electron chi connectivity index (χ1n) is 5.79. The van der Waals surface area contributed by atoms with Gasteiger partial charge in [-0.15, -0.1) is 11.8 Å². The average molecular weight is 276 g/mol. The molecule has 0 aliphatic heterocycles. The van der Waals surface area contributed by atoms with Crippen molar-refractivity contribution in [1.29, 1.82) is 0 Å². The molecule has 2 rings (SSSR count). The van der Waals surface area contributed by atoms with Crippen LogP contribution in [-0.2, 0) is 10.8 Å². The molecule has 94 valence electrons. The Balaban J connectivity index is 1.96. The van der Waals surface area contributed by atoms with Gasteiger partial charge in [-0.2, -0.15) is 0 Å². The van der Waals surface area contributed by atoms with Gasteiger partial charge in [0.25, 0.3) is 0 Å². The lowest BCUT2D eigenvalue weighted by atomic mass is 10.2. The van der Waals surface area contributed by atoms with Crippen molar-refractivity contribution in [2.24, 2.45) is 0 Å². The van der Waals surface area contributed by atoms with E-state index in [9.17, 15) is 4.21 Å². The highest BCUT2D eigenvalue weighted by Gasteiger charge is 2.04. The summed E-state index contributed by atoms with van der Waals surface area (Å²) >= 11 is 1.64. The molecule has 2 aromatic carbocycles. The van der Waals surface area contributed by atoms with Gasteiger partial charge in [-0.05, 0) is 38.1 Å². The van der Waals surface area contributed by atoms with E-state index in [0.29, 0.717) is 5.08 Å². The van der Waals surface area contributed by atoms with E-state index in [-0.39, 0.29) is 0 Å². The van der Waals surface area contributed by atoms with Crippen LogP contribution >= 0.6 is 11.8 Å². The van der Waals surface area contributed by atoms with Crippen molar-refractivity contribution in [3.63, 3.8) is 0 Å². The third-order valence-corrected chi connectivity index (χ3v) is 5.37. The van der Waals surface area contributed by atoms with Gasteiger partial charge < -0.3 is 0 Å². The van der Waals surface area contributed by atoms with Crippen LogP contribution in [0, 0.1) is 13.8 Å². The zero-order chi connectivity index (χ0) is 13.0. The van der Waals surface area contributed by atoms with Crippen molar-refractivity contribution in [3.05, 3.63) is 59.7 Å². The maximum atomic E-state index is 12.1. The highest BCUT2D eigenvalue weighted by molar-refractivity contribution is 8.10. The maximum Gasteiger partial charge on any atom is 0.0786 e. The Labute approximate surface area is 115 Å². The molecule has 3 heteroatoms. The molecular formula is C15H16OS2. The summed E-state index contributed by atoms with van der Waals surface area (Å²) in [6, 6.07) is 16.2. The summed E-state index contributed by atoms with van der Waals surface area (Å²) < 4.78 is 12.1. The molecule has 0 fully saturated rings. The van der Waals surface area contributed by atoms with E-state index in [1.165, 1.54) is 16.0 Å². The molecule has 0 bridgehead atoms. The first kappa shape index (κ1) is 13.4. The van der Waals surface area contributed by atoms with Crippen LogP contribution in [0.5, 0.6) is 0 Å². The fourth-order valence-corrected chi connectivity index (χ4v) is 3.80. The van der Waals surface area contributed by atoms with Crippen LogP contribution < -0.4 is 0 Å². The molecule has 18 heavy (non-hydrogen) atoms. The van der Waals surface area contributed by atoms with E-state index in [1.807, 2.05) is 31.2 Å². The predicted octanol–water partition coefficient (Wildman–Crippen LogP) is 4.16. The Morgan fingerprint density at radius 1 is 0.889 bits per heavy atom. The molecule has 0 amide bonds. The summed E-state index contributed by atoms with van der Waals surface area (Å²) in [7, 11) is -0.935. The quantitative estimate of drug-likeness (QED) is 0.780. The predicted molar refractivity (Wildman–Crippen MR) is 79.5 cm³/mol. The minimum absolute atomic E-state index is 0.603. The van der Waals surface area contributed by atoms with E-state index < -0.39 is 10.8 Å². The van der Waals surface area contributed by atoms with Crippen molar-refractivity contribution in [2.75, 3.05) is 5.08 Å². The minimum Gasteiger partial charge on any atom is -0.253 e. The Bertz CT molecular complexity index is 529. The molecule has 1 atom stereocenters. The summed E-state index contributed by atoms with van der Waals surface area (Å²) in [5.41, 5.74) is 2.45. The van der Waals surface area contributed by atoms with Crippen LogP contribution in [0.4, 0.5) is 0 Å². The van der Waals surface area contributed by atoms with Gasteiger partial charge in [-0.3, -0.25) is 4.21 Å². The first-order chi connectivity index (χ1) is 8.65. The average Bonchev–Trinajstić information content (AvgIpc) is 2.38. The number of benzene rings is 2. The molecule has 0 aliphatic rings. The van der Waals surface area contributed by atoms with Crippen molar-refractivity contribution < 1.29 is 4.21 Å². The smallest absolute Gasteiger partial charge is 0.0786 e. The second-order valence-electron chi connectivity index (χ2n) is 4.23. The highest BCUT2D eigenvalue weighted by atomic mass is 32.2. The number of hydrogen-bond acceptors (Lipinski definition) is 2. The summed E-state index contributed by atoms with van der Waals surface area (Å²) in [4.78, 5) is 2.07. The van der Waals surface area contributed by atoms with Crippen LogP contribution in [0.3, 0.4) is 0 Å².